The number of para-hydroxylation sites is 1. The molecule has 0 heterocycles. The van der Waals surface area contributed by atoms with Crippen LogP contribution in [0.25, 0.3) is 0 Å². The van der Waals surface area contributed by atoms with Gasteiger partial charge < -0.3 is 14.8 Å². The van der Waals surface area contributed by atoms with Gasteiger partial charge in [0.2, 0.25) is 0 Å². The molecule has 0 fully saturated rings. The molecule has 1 rings (SSSR count). The largest absolute Gasteiger partial charge is 0.482 e. The van der Waals surface area contributed by atoms with Crippen molar-refractivity contribution in [2.45, 2.75) is 26.9 Å². The maximum absolute atomic E-state index is 11.5. The van der Waals surface area contributed by atoms with Crippen LogP contribution in [0.1, 0.15) is 19.4 Å². The number of nitrogens with one attached hydrogen (secondary N) is 1. The molecule has 0 aromatic heterocycles. The van der Waals surface area contributed by atoms with E-state index in [4.69, 9.17) is 9.47 Å². The van der Waals surface area contributed by atoms with Crippen molar-refractivity contribution >= 4 is 11.9 Å². The average molecular weight is 265 g/mol. The highest BCUT2D eigenvalue weighted by molar-refractivity contribution is 5.83. The first-order valence-corrected chi connectivity index (χ1v) is 6.20. The fourth-order valence-electron chi connectivity index (χ4n) is 1.46. The summed E-state index contributed by atoms with van der Waals surface area (Å²) in [7, 11) is 0. The minimum atomic E-state index is -0.812. The number of hydrogen-bond acceptors (Lipinski definition) is 4. The number of benzene rings is 1. The van der Waals surface area contributed by atoms with E-state index in [-0.39, 0.29) is 12.5 Å². The molecule has 0 bridgehead atoms. The van der Waals surface area contributed by atoms with Gasteiger partial charge in [-0.25, -0.2) is 4.79 Å². The van der Waals surface area contributed by atoms with Gasteiger partial charge in [-0.1, -0.05) is 18.2 Å². The van der Waals surface area contributed by atoms with Crippen molar-refractivity contribution in [3.05, 3.63) is 29.8 Å². The minimum Gasteiger partial charge on any atom is -0.482 e. The molecule has 1 N–H and O–H groups in total. The lowest BCUT2D eigenvalue weighted by Gasteiger charge is -2.13. The van der Waals surface area contributed by atoms with Gasteiger partial charge in [0.15, 0.2) is 12.7 Å². The van der Waals surface area contributed by atoms with Crippen molar-refractivity contribution < 1.29 is 19.1 Å². The van der Waals surface area contributed by atoms with Crippen molar-refractivity contribution in [2.24, 2.45) is 0 Å². The van der Waals surface area contributed by atoms with Crippen molar-refractivity contribution in [2.75, 3.05) is 13.2 Å². The predicted molar refractivity (Wildman–Crippen MR) is 70.9 cm³/mol. The second-order valence-electron chi connectivity index (χ2n) is 4.08. The van der Waals surface area contributed by atoms with E-state index in [0.29, 0.717) is 12.3 Å². The Morgan fingerprint density at radius 1 is 1.32 bits per heavy atom. The summed E-state index contributed by atoms with van der Waals surface area (Å²) in [5, 5.41) is 2.58. The zero-order valence-corrected chi connectivity index (χ0v) is 11.4. The number of amides is 1. The van der Waals surface area contributed by atoms with Gasteiger partial charge in [0.25, 0.3) is 5.91 Å². The van der Waals surface area contributed by atoms with Gasteiger partial charge in [-0.05, 0) is 32.4 Å². The fraction of sp³-hybridized carbons (Fsp3) is 0.429. The number of hydrogen-bond donors (Lipinski definition) is 1. The van der Waals surface area contributed by atoms with Gasteiger partial charge >= 0.3 is 5.97 Å². The molecule has 19 heavy (non-hydrogen) atoms. The standard InChI is InChI=1S/C14H19NO4/c1-4-15-14(17)11(3)19-13(16)9-18-12-8-6-5-7-10(12)2/h5-8,11H,4,9H2,1-3H3,(H,15,17)/t11-/m0/s1. The molecular formula is C14H19NO4. The summed E-state index contributed by atoms with van der Waals surface area (Å²) in [6.07, 6.45) is -0.812. The molecule has 0 aliphatic rings. The van der Waals surface area contributed by atoms with E-state index in [0.717, 1.165) is 5.56 Å². The van der Waals surface area contributed by atoms with Crippen molar-refractivity contribution in [1.82, 2.24) is 5.32 Å². The van der Waals surface area contributed by atoms with E-state index in [9.17, 15) is 9.59 Å². The Kier molecular flexibility index (Phi) is 5.85. The minimum absolute atomic E-state index is 0.214. The smallest absolute Gasteiger partial charge is 0.344 e. The molecule has 1 aromatic carbocycles. The lowest BCUT2D eigenvalue weighted by molar-refractivity contribution is -0.156. The molecule has 5 nitrogen and oxygen atoms in total. The highest BCUT2D eigenvalue weighted by atomic mass is 16.6. The van der Waals surface area contributed by atoms with Crippen LogP contribution in [0, 0.1) is 6.92 Å². The topological polar surface area (TPSA) is 64.6 Å². The second-order valence-corrected chi connectivity index (χ2v) is 4.08. The Morgan fingerprint density at radius 3 is 2.63 bits per heavy atom. The Balaban J connectivity index is 2.40. The third-order valence-electron chi connectivity index (χ3n) is 2.47. The van der Waals surface area contributed by atoms with Gasteiger partial charge in [0.05, 0.1) is 0 Å². The summed E-state index contributed by atoms with van der Waals surface area (Å²) >= 11 is 0. The van der Waals surface area contributed by atoms with Crippen LogP contribution >= 0.6 is 0 Å². The van der Waals surface area contributed by atoms with E-state index >= 15 is 0 Å². The van der Waals surface area contributed by atoms with Crippen LogP contribution < -0.4 is 10.1 Å². The zero-order chi connectivity index (χ0) is 14.3. The molecule has 0 radical (unpaired) electrons. The Bertz CT molecular complexity index is 445. The van der Waals surface area contributed by atoms with Crippen molar-refractivity contribution in [3.8, 4) is 5.75 Å². The summed E-state index contributed by atoms with van der Waals surface area (Å²) in [5.74, 6) is -0.251. The quantitative estimate of drug-likeness (QED) is 0.790. The van der Waals surface area contributed by atoms with Gasteiger partial charge in [-0.15, -0.1) is 0 Å². The van der Waals surface area contributed by atoms with Crippen LogP contribution in [0.4, 0.5) is 0 Å². The number of carbonyl (C=O) groups is 2. The number of likely N-dealkylation sites (N-methyl/N-ethyl adjacent to an activating group) is 1. The zero-order valence-electron chi connectivity index (χ0n) is 11.4. The molecule has 1 aromatic rings. The molecule has 0 aliphatic heterocycles. The van der Waals surface area contributed by atoms with Gasteiger partial charge in [0, 0.05) is 6.54 Å². The summed E-state index contributed by atoms with van der Waals surface area (Å²) in [5.41, 5.74) is 0.937. The van der Waals surface area contributed by atoms with Crippen molar-refractivity contribution in [1.29, 1.82) is 0 Å². The number of aryl methyl sites for hydroxylation is 1. The maximum atomic E-state index is 11.5. The lowest BCUT2D eigenvalue weighted by Crippen LogP contribution is -2.36. The molecule has 1 amide bonds. The van der Waals surface area contributed by atoms with E-state index < -0.39 is 12.1 Å². The third kappa shape index (κ3) is 4.99. The second kappa shape index (κ2) is 7.41. The van der Waals surface area contributed by atoms with Crippen molar-refractivity contribution in [3.63, 3.8) is 0 Å². The van der Waals surface area contributed by atoms with Crippen LogP contribution in [0.5, 0.6) is 5.75 Å². The predicted octanol–water partition coefficient (Wildman–Crippen LogP) is 1.44. The fourth-order valence-corrected chi connectivity index (χ4v) is 1.46. The normalized spacial score (nSPS) is 11.5. The summed E-state index contributed by atoms with van der Waals surface area (Å²) in [6, 6.07) is 7.37. The summed E-state index contributed by atoms with van der Waals surface area (Å²) in [4.78, 5) is 22.9. The molecular weight excluding hydrogens is 246 g/mol. The van der Waals surface area contributed by atoms with Gasteiger partial charge in [0.1, 0.15) is 5.75 Å². The van der Waals surface area contributed by atoms with Gasteiger partial charge in [-0.2, -0.15) is 0 Å². The Labute approximate surface area is 112 Å². The molecule has 1 atom stereocenters. The average Bonchev–Trinajstić information content (AvgIpc) is 2.38. The summed E-state index contributed by atoms with van der Waals surface area (Å²) < 4.78 is 10.3. The molecule has 104 valence electrons. The SMILES string of the molecule is CCNC(=O)[C@H](C)OC(=O)COc1ccccc1C. The first-order valence-electron chi connectivity index (χ1n) is 6.20. The number of ether oxygens (including phenoxy) is 2. The first kappa shape index (κ1) is 15.0. The lowest BCUT2D eigenvalue weighted by atomic mass is 10.2. The molecule has 0 aliphatic carbocycles. The summed E-state index contributed by atoms with van der Waals surface area (Å²) in [6.45, 7) is 5.50. The molecule has 0 spiro atoms. The Morgan fingerprint density at radius 2 is 2.00 bits per heavy atom. The van der Waals surface area contributed by atoms with Crippen LogP contribution in [0.2, 0.25) is 0 Å². The Hall–Kier alpha value is -2.04. The van der Waals surface area contributed by atoms with Crippen LogP contribution in [0.3, 0.4) is 0 Å². The van der Waals surface area contributed by atoms with E-state index in [2.05, 4.69) is 5.32 Å². The van der Waals surface area contributed by atoms with Crippen LogP contribution in [-0.4, -0.2) is 31.1 Å². The van der Waals surface area contributed by atoms with Gasteiger partial charge in [-0.3, -0.25) is 4.79 Å². The number of carbonyl (C=O) groups excluding carboxylic acids is 2. The van der Waals surface area contributed by atoms with Crippen LogP contribution in [-0.2, 0) is 14.3 Å². The van der Waals surface area contributed by atoms with E-state index in [1.165, 1.54) is 6.92 Å². The maximum Gasteiger partial charge on any atom is 0.344 e. The monoisotopic (exact) mass is 265 g/mol. The molecule has 5 heteroatoms. The van der Waals surface area contributed by atoms with Crippen LogP contribution in [0.15, 0.2) is 24.3 Å². The molecule has 0 saturated carbocycles. The number of rotatable bonds is 6. The highest BCUT2D eigenvalue weighted by Gasteiger charge is 2.17. The number of esters is 1. The highest BCUT2D eigenvalue weighted by Crippen LogP contribution is 2.15. The third-order valence-corrected chi connectivity index (χ3v) is 2.47. The van der Waals surface area contributed by atoms with E-state index in [1.807, 2.05) is 25.1 Å². The van der Waals surface area contributed by atoms with E-state index in [1.54, 1.807) is 13.0 Å². The molecule has 0 unspecified atom stereocenters. The first-order chi connectivity index (χ1) is 9.04. The molecule has 0 saturated heterocycles.